The highest BCUT2D eigenvalue weighted by molar-refractivity contribution is 6.35. The lowest BCUT2D eigenvalue weighted by molar-refractivity contribution is -0.113. The number of ketones is 1. The largest absolute Gasteiger partial charge is 0.465 e. The zero-order valence-electron chi connectivity index (χ0n) is 19.3. The molecule has 4 rings (SSSR count). The Kier molecular flexibility index (Phi) is 8.36. The summed E-state index contributed by atoms with van der Waals surface area (Å²) in [6, 6.07) is 23.2. The van der Waals surface area contributed by atoms with E-state index in [9.17, 15) is 14.4 Å². The number of benzene rings is 3. The van der Waals surface area contributed by atoms with Crippen LogP contribution in [0.3, 0.4) is 0 Å². The Morgan fingerprint density at radius 1 is 0.811 bits per heavy atom. The summed E-state index contributed by atoms with van der Waals surface area (Å²) in [5, 5.41) is 6.14. The van der Waals surface area contributed by atoms with Gasteiger partial charge in [0.25, 0.3) is 11.8 Å². The number of nitrogens with one attached hydrogen (secondary N) is 2. The molecule has 3 aromatic carbocycles. The van der Waals surface area contributed by atoms with E-state index in [-0.39, 0.29) is 11.5 Å². The van der Waals surface area contributed by atoms with E-state index in [1.54, 1.807) is 91.0 Å². The zero-order valence-corrected chi connectivity index (χ0v) is 20.8. The van der Waals surface area contributed by atoms with Crippen LogP contribution >= 0.6 is 23.2 Å². The fourth-order valence-corrected chi connectivity index (χ4v) is 3.74. The van der Waals surface area contributed by atoms with Gasteiger partial charge in [0.1, 0.15) is 11.5 Å². The molecule has 0 bridgehead atoms. The topological polar surface area (TPSA) is 88.4 Å². The Hall–Kier alpha value is -4.39. The van der Waals surface area contributed by atoms with Crippen molar-refractivity contribution >= 4 is 58.6 Å². The number of halogens is 2. The van der Waals surface area contributed by atoms with Gasteiger partial charge in [-0.25, -0.2) is 0 Å². The second-order valence-electron chi connectivity index (χ2n) is 7.79. The summed E-state index contributed by atoms with van der Waals surface area (Å²) >= 11 is 12.3. The van der Waals surface area contributed by atoms with Gasteiger partial charge in [0.2, 0.25) is 0 Å². The van der Waals surface area contributed by atoms with E-state index < -0.39 is 11.8 Å². The lowest BCUT2D eigenvalue weighted by Gasteiger charge is -2.12. The average Bonchev–Trinajstić information content (AvgIpc) is 3.43. The molecule has 0 radical (unpaired) electrons. The van der Waals surface area contributed by atoms with Gasteiger partial charge in [-0.2, -0.15) is 0 Å². The zero-order chi connectivity index (χ0) is 26.2. The van der Waals surface area contributed by atoms with Gasteiger partial charge in [-0.1, -0.05) is 47.5 Å². The molecular formula is C29H20Cl2N2O4. The number of hydrogen-bond donors (Lipinski definition) is 2. The first-order chi connectivity index (χ1) is 17.9. The molecule has 0 aliphatic heterocycles. The predicted octanol–water partition coefficient (Wildman–Crippen LogP) is 6.89. The van der Waals surface area contributed by atoms with Crippen molar-refractivity contribution in [2.75, 3.05) is 5.32 Å². The molecule has 184 valence electrons. The summed E-state index contributed by atoms with van der Waals surface area (Å²) in [5.41, 5.74) is 1.71. The summed E-state index contributed by atoms with van der Waals surface area (Å²) in [6.45, 7) is 0. The molecule has 0 fully saturated rings. The van der Waals surface area contributed by atoms with Gasteiger partial charge in [0.05, 0.1) is 6.26 Å². The molecule has 6 nitrogen and oxygen atoms in total. The maximum Gasteiger partial charge on any atom is 0.272 e. The fraction of sp³-hybridized carbons (Fsp3) is 0. The third-order valence-corrected chi connectivity index (χ3v) is 5.72. The Bertz CT molecular complexity index is 1480. The average molecular weight is 531 g/mol. The van der Waals surface area contributed by atoms with Crippen molar-refractivity contribution in [2.24, 2.45) is 0 Å². The van der Waals surface area contributed by atoms with Gasteiger partial charge in [-0.15, -0.1) is 0 Å². The molecule has 1 aromatic heterocycles. The number of furan rings is 1. The minimum atomic E-state index is -0.577. The molecule has 0 saturated heterocycles. The van der Waals surface area contributed by atoms with Gasteiger partial charge in [-0.05, 0) is 84.5 Å². The van der Waals surface area contributed by atoms with Crippen molar-refractivity contribution in [2.45, 2.75) is 0 Å². The normalized spacial score (nSPS) is 11.4. The predicted molar refractivity (Wildman–Crippen MR) is 145 cm³/mol. The fourth-order valence-electron chi connectivity index (χ4n) is 3.27. The number of carbonyl (C=O) groups excluding carboxylic acids is 3. The van der Waals surface area contributed by atoms with Crippen LogP contribution in [0.5, 0.6) is 0 Å². The first-order valence-corrected chi connectivity index (χ1v) is 11.8. The Morgan fingerprint density at radius 3 is 2.24 bits per heavy atom. The lowest BCUT2D eigenvalue weighted by atomic mass is 10.1. The SMILES string of the molecule is O=C(Nc1ccc(C(=O)/C=C/c2ccco2)cc1)/C(=C/c1ccc(Cl)cc1Cl)NC(=O)c1ccccc1. The third-order valence-electron chi connectivity index (χ3n) is 5.16. The van der Waals surface area contributed by atoms with Crippen molar-refractivity contribution < 1.29 is 18.8 Å². The van der Waals surface area contributed by atoms with Gasteiger partial charge in [0, 0.05) is 26.9 Å². The summed E-state index contributed by atoms with van der Waals surface area (Å²) in [5.74, 6) is -0.694. The van der Waals surface area contributed by atoms with Crippen molar-refractivity contribution in [3.63, 3.8) is 0 Å². The maximum atomic E-state index is 13.2. The molecule has 37 heavy (non-hydrogen) atoms. The number of amides is 2. The first-order valence-electron chi connectivity index (χ1n) is 11.1. The van der Waals surface area contributed by atoms with Gasteiger partial charge in [0.15, 0.2) is 5.78 Å². The van der Waals surface area contributed by atoms with Crippen molar-refractivity contribution in [1.82, 2.24) is 5.32 Å². The van der Waals surface area contributed by atoms with Crippen molar-refractivity contribution in [3.8, 4) is 0 Å². The minimum Gasteiger partial charge on any atom is -0.465 e. The van der Waals surface area contributed by atoms with Crippen LogP contribution in [-0.2, 0) is 4.79 Å². The quantitative estimate of drug-likeness (QED) is 0.191. The van der Waals surface area contributed by atoms with Crippen molar-refractivity contribution in [1.29, 1.82) is 0 Å². The Balaban J connectivity index is 1.53. The lowest BCUT2D eigenvalue weighted by Crippen LogP contribution is -2.30. The van der Waals surface area contributed by atoms with E-state index in [0.29, 0.717) is 38.2 Å². The maximum absolute atomic E-state index is 13.2. The molecule has 8 heteroatoms. The van der Waals surface area contributed by atoms with E-state index >= 15 is 0 Å². The Labute approximate surface area is 223 Å². The highest BCUT2D eigenvalue weighted by Gasteiger charge is 2.16. The minimum absolute atomic E-state index is 0.0281. The summed E-state index contributed by atoms with van der Waals surface area (Å²) in [4.78, 5) is 38.3. The molecule has 2 N–H and O–H groups in total. The van der Waals surface area contributed by atoms with Crippen LogP contribution in [0.1, 0.15) is 32.0 Å². The molecule has 0 spiro atoms. The first kappa shape index (κ1) is 25.7. The third kappa shape index (κ3) is 7.07. The van der Waals surface area contributed by atoms with E-state index in [2.05, 4.69) is 10.6 Å². The van der Waals surface area contributed by atoms with E-state index in [1.165, 1.54) is 18.4 Å². The molecule has 1 heterocycles. The molecule has 0 saturated carbocycles. The van der Waals surface area contributed by atoms with Gasteiger partial charge >= 0.3 is 0 Å². The summed E-state index contributed by atoms with van der Waals surface area (Å²) < 4.78 is 5.18. The number of carbonyl (C=O) groups is 3. The van der Waals surface area contributed by atoms with E-state index in [4.69, 9.17) is 27.6 Å². The molecule has 0 atom stereocenters. The molecule has 0 unspecified atom stereocenters. The van der Waals surface area contributed by atoms with Crippen LogP contribution in [0, 0.1) is 0 Å². The standard InChI is InChI=1S/C29H20Cl2N2O4/c30-22-11-8-21(25(31)18-22)17-26(33-28(35)20-5-2-1-3-6-20)29(36)32-23-12-9-19(10-13-23)27(34)15-14-24-7-4-16-37-24/h1-18H,(H,32,36)(H,33,35)/b15-14+,26-17-. The van der Waals surface area contributed by atoms with Crippen LogP contribution in [-0.4, -0.2) is 17.6 Å². The number of hydrogen-bond acceptors (Lipinski definition) is 4. The molecule has 0 aliphatic rings. The number of anilines is 1. The highest BCUT2D eigenvalue weighted by Crippen LogP contribution is 2.23. The van der Waals surface area contributed by atoms with Gasteiger partial charge in [-0.3, -0.25) is 14.4 Å². The molecule has 2 amide bonds. The van der Waals surface area contributed by atoms with Crippen LogP contribution in [0.4, 0.5) is 5.69 Å². The second kappa shape index (κ2) is 12.0. The number of allylic oxidation sites excluding steroid dienone is 1. The molecule has 0 aliphatic carbocycles. The molecule has 4 aromatic rings. The number of rotatable bonds is 8. The molecular weight excluding hydrogens is 511 g/mol. The van der Waals surface area contributed by atoms with E-state index in [1.807, 2.05) is 0 Å². The summed E-state index contributed by atoms with van der Waals surface area (Å²) in [7, 11) is 0. The van der Waals surface area contributed by atoms with E-state index in [0.717, 1.165) is 0 Å². The monoisotopic (exact) mass is 530 g/mol. The van der Waals surface area contributed by atoms with Gasteiger partial charge < -0.3 is 15.1 Å². The van der Waals surface area contributed by atoms with Crippen LogP contribution < -0.4 is 10.6 Å². The highest BCUT2D eigenvalue weighted by atomic mass is 35.5. The second-order valence-corrected chi connectivity index (χ2v) is 8.63. The van der Waals surface area contributed by atoms with Crippen LogP contribution in [0.25, 0.3) is 12.2 Å². The Morgan fingerprint density at radius 2 is 1.57 bits per heavy atom. The van der Waals surface area contributed by atoms with Crippen LogP contribution in [0.15, 0.2) is 107 Å². The van der Waals surface area contributed by atoms with Crippen LogP contribution in [0.2, 0.25) is 10.0 Å². The summed E-state index contributed by atoms with van der Waals surface area (Å²) in [6.07, 6.45) is 5.97. The smallest absolute Gasteiger partial charge is 0.272 e. The van der Waals surface area contributed by atoms with Crippen molar-refractivity contribution in [3.05, 3.63) is 135 Å².